The highest BCUT2D eigenvalue weighted by atomic mass is 32.2. The average molecular weight is 222 g/mol. The molecule has 0 aromatic carbocycles. The third kappa shape index (κ3) is 2.44. The number of hydrogen-bond acceptors (Lipinski definition) is 6. The zero-order chi connectivity index (χ0) is 10.7. The third-order valence-corrected chi connectivity index (χ3v) is 2.88. The molecule has 0 bridgehead atoms. The van der Waals surface area contributed by atoms with Crippen molar-refractivity contribution in [1.82, 2.24) is 25.2 Å². The molecule has 0 aliphatic heterocycles. The standard InChI is InChI=1S/C8H10N6S/c1-14-8(11-12-13-14)15-5-6-2-3-10-7(9)4-6/h2-4H,5H2,1H3,(H2,9,10). The molecule has 0 fully saturated rings. The topological polar surface area (TPSA) is 82.5 Å². The predicted molar refractivity (Wildman–Crippen MR) is 57.0 cm³/mol. The molecule has 2 rings (SSSR count). The summed E-state index contributed by atoms with van der Waals surface area (Å²) in [5.74, 6) is 1.31. The van der Waals surface area contributed by atoms with Crippen LogP contribution < -0.4 is 5.73 Å². The quantitative estimate of drug-likeness (QED) is 0.760. The lowest BCUT2D eigenvalue weighted by Crippen LogP contribution is -1.94. The SMILES string of the molecule is Cn1nnnc1SCc1ccnc(N)c1. The van der Waals surface area contributed by atoms with Crippen LogP contribution in [0.15, 0.2) is 23.5 Å². The molecule has 0 spiro atoms. The molecule has 15 heavy (non-hydrogen) atoms. The molecule has 0 unspecified atom stereocenters. The van der Waals surface area contributed by atoms with Crippen molar-refractivity contribution < 1.29 is 0 Å². The van der Waals surface area contributed by atoms with Crippen LogP contribution in [0.1, 0.15) is 5.56 Å². The minimum absolute atomic E-state index is 0.532. The summed E-state index contributed by atoms with van der Waals surface area (Å²) in [6.07, 6.45) is 1.69. The van der Waals surface area contributed by atoms with Gasteiger partial charge in [-0.3, -0.25) is 0 Å². The Labute approximate surface area is 90.9 Å². The normalized spacial score (nSPS) is 10.5. The van der Waals surface area contributed by atoms with Gasteiger partial charge in [-0.1, -0.05) is 11.8 Å². The maximum absolute atomic E-state index is 5.57. The highest BCUT2D eigenvalue weighted by Crippen LogP contribution is 2.19. The number of hydrogen-bond donors (Lipinski definition) is 1. The number of pyridine rings is 1. The van der Waals surface area contributed by atoms with Crippen LogP contribution in [-0.2, 0) is 12.8 Å². The number of nitrogen functional groups attached to an aromatic ring is 1. The fourth-order valence-corrected chi connectivity index (χ4v) is 1.87. The van der Waals surface area contributed by atoms with E-state index in [9.17, 15) is 0 Å². The summed E-state index contributed by atoms with van der Waals surface area (Å²) >= 11 is 1.56. The molecule has 0 saturated heterocycles. The lowest BCUT2D eigenvalue weighted by molar-refractivity contribution is 0.664. The van der Waals surface area contributed by atoms with Crippen molar-refractivity contribution in [2.24, 2.45) is 7.05 Å². The van der Waals surface area contributed by atoms with Gasteiger partial charge in [-0.25, -0.2) is 9.67 Å². The van der Waals surface area contributed by atoms with Crippen molar-refractivity contribution in [2.75, 3.05) is 5.73 Å². The van der Waals surface area contributed by atoms with Gasteiger partial charge >= 0.3 is 0 Å². The van der Waals surface area contributed by atoms with E-state index >= 15 is 0 Å². The van der Waals surface area contributed by atoms with Gasteiger partial charge in [0.2, 0.25) is 5.16 Å². The molecule has 2 heterocycles. The summed E-state index contributed by atoms with van der Waals surface area (Å²) in [7, 11) is 1.81. The number of tetrazole rings is 1. The van der Waals surface area contributed by atoms with Crippen molar-refractivity contribution in [3.63, 3.8) is 0 Å². The smallest absolute Gasteiger partial charge is 0.209 e. The zero-order valence-electron chi connectivity index (χ0n) is 8.16. The number of anilines is 1. The van der Waals surface area contributed by atoms with Crippen molar-refractivity contribution >= 4 is 17.6 Å². The summed E-state index contributed by atoms with van der Waals surface area (Å²) in [6.45, 7) is 0. The number of aryl methyl sites for hydroxylation is 1. The molecule has 2 aromatic rings. The molecular formula is C8H10N6S. The predicted octanol–water partition coefficient (Wildman–Crippen LogP) is 0.480. The third-order valence-electron chi connectivity index (χ3n) is 1.79. The summed E-state index contributed by atoms with van der Waals surface area (Å²) < 4.78 is 1.63. The molecule has 0 aliphatic carbocycles. The van der Waals surface area contributed by atoms with Crippen LogP contribution in [0.4, 0.5) is 5.82 Å². The first-order valence-electron chi connectivity index (χ1n) is 4.31. The van der Waals surface area contributed by atoms with Crippen molar-refractivity contribution in [3.8, 4) is 0 Å². The second-order valence-electron chi connectivity index (χ2n) is 2.96. The zero-order valence-corrected chi connectivity index (χ0v) is 8.98. The Balaban J connectivity index is 2.02. The van der Waals surface area contributed by atoms with E-state index in [1.807, 2.05) is 19.2 Å². The van der Waals surface area contributed by atoms with Gasteiger partial charge in [0.05, 0.1) is 0 Å². The first-order chi connectivity index (χ1) is 7.25. The van der Waals surface area contributed by atoms with Crippen LogP contribution in [-0.4, -0.2) is 25.2 Å². The molecular weight excluding hydrogens is 212 g/mol. The Morgan fingerprint density at radius 1 is 1.53 bits per heavy atom. The summed E-state index contributed by atoms with van der Waals surface area (Å²) in [6, 6.07) is 3.77. The highest BCUT2D eigenvalue weighted by Gasteiger charge is 2.03. The largest absolute Gasteiger partial charge is 0.384 e. The molecule has 2 aromatic heterocycles. The van der Waals surface area contributed by atoms with Gasteiger partial charge in [-0.05, 0) is 28.1 Å². The van der Waals surface area contributed by atoms with Crippen LogP contribution >= 0.6 is 11.8 Å². The van der Waals surface area contributed by atoms with E-state index < -0.39 is 0 Å². The number of thioether (sulfide) groups is 1. The first-order valence-corrected chi connectivity index (χ1v) is 5.30. The number of nitrogens with two attached hydrogens (primary N) is 1. The molecule has 6 nitrogen and oxygen atoms in total. The van der Waals surface area contributed by atoms with Crippen LogP contribution in [0.2, 0.25) is 0 Å². The molecule has 2 N–H and O–H groups in total. The van der Waals surface area contributed by atoms with Crippen molar-refractivity contribution in [2.45, 2.75) is 10.9 Å². The molecule has 0 aliphatic rings. The lowest BCUT2D eigenvalue weighted by Gasteiger charge is -2.00. The number of aromatic nitrogens is 5. The Bertz CT molecular complexity index is 454. The fraction of sp³-hybridized carbons (Fsp3) is 0.250. The first kappa shape index (κ1) is 9.91. The van der Waals surface area contributed by atoms with Gasteiger partial charge in [-0.15, -0.1) is 5.10 Å². The van der Waals surface area contributed by atoms with Gasteiger partial charge in [-0.2, -0.15) is 0 Å². The van der Waals surface area contributed by atoms with Gasteiger partial charge in [0, 0.05) is 19.0 Å². The van der Waals surface area contributed by atoms with Gasteiger partial charge in [0.1, 0.15) is 5.82 Å². The Hall–Kier alpha value is -1.63. The van der Waals surface area contributed by atoms with E-state index in [2.05, 4.69) is 20.5 Å². The summed E-state index contributed by atoms with van der Waals surface area (Å²) in [5, 5.41) is 12.0. The second-order valence-corrected chi connectivity index (χ2v) is 3.91. The minimum atomic E-state index is 0.532. The van der Waals surface area contributed by atoms with Gasteiger partial charge in [0.25, 0.3) is 0 Å². The second kappa shape index (κ2) is 4.26. The maximum atomic E-state index is 5.57. The summed E-state index contributed by atoms with van der Waals surface area (Å²) in [4.78, 5) is 3.93. The molecule has 0 amide bonds. The number of rotatable bonds is 3. The molecule has 0 saturated carbocycles. The fourth-order valence-electron chi connectivity index (χ4n) is 1.08. The lowest BCUT2D eigenvalue weighted by atomic mass is 10.3. The monoisotopic (exact) mass is 222 g/mol. The number of nitrogens with zero attached hydrogens (tertiary/aromatic N) is 5. The average Bonchev–Trinajstić information content (AvgIpc) is 2.61. The van der Waals surface area contributed by atoms with Crippen LogP contribution in [0.3, 0.4) is 0 Å². The molecule has 7 heteroatoms. The van der Waals surface area contributed by atoms with E-state index in [1.54, 1.807) is 22.6 Å². The highest BCUT2D eigenvalue weighted by molar-refractivity contribution is 7.98. The minimum Gasteiger partial charge on any atom is -0.384 e. The van der Waals surface area contributed by atoms with E-state index in [0.29, 0.717) is 5.82 Å². The van der Waals surface area contributed by atoms with Crippen LogP contribution in [0.25, 0.3) is 0 Å². The van der Waals surface area contributed by atoms with Crippen LogP contribution in [0, 0.1) is 0 Å². The molecule has 0 atom stereocenters. The van der Waals surface area contributed by atoms with E-state index in [1.165, 1.54) is 0 Å². The maximum Gasteiger partial charge on any atom is 0.209 e. The summed E-state index contributed by atoms with van der Waals surface area (Å²) in [5.41, 5.74) is 6.68. The molecule has 78 valence electrons. The van der Waals surface area contributed by atoms with E-state index in [0.717, 1.165) is 16.5 Å². The Kier molecular flexibility index (Phi) is 2.82. The molecule has 0 radical (unpaired) electrons. The van der Waals surface area contributed by atoms with Crippen molar-refractivity contribution in [3.05, 3.63) is 23.9 Å². The van der Waals surface area contributed by atoms with Crippen molar-refractivity contribution in [1.29, 1.82) is 0 Å². The van der Waals surface area contributed by atoms with E-state index in [-0.39, 0.29) is 0 Å². The Morgan fingerprint density at radius 3 is 3.07 bits per heavy atom. The van der Waals surface area contributed by atoms with Gasteiger partial charge in [0.15, 0.2) is 0 Å². The van der Waals surface area contributed by atoms with E-state index in [4.69, 9.17) is 5.73 Å². The van der Waals surface area contributed by atoms with Gasteiger partial charge < -0.3 is 5.73 Å². The Morgan fingerprint density at radius 2 is 2.40 bits per heavy atom. The van der Waals surface area contributed by atoms with Crippen LogP contribution in [0.5, 0.6) is 0 Å².